The van der Waals surface area contributed by atoms with Crippen molar-refractivity contribution < 1.29 is 9.47 Å². The van der Waals surface area contributed by atoms with Gasteiger partial charge in [-0.2, -0.15) is 0 Å². The fourth-order valence-electron chi connectivity index (χ4n) is 1.34. The maximum atomic E-state index is 5.48. The Morgan fingerprint density at radius 1 is 1.42 bits per heavy atom. The van der Waals surface area contributed by atoms with Gasteiger partial charge in [0.25, 0.3) is 0 Å². The summed E-state index contributed by atoms with van der Waals surface area (Å²) in [5.74, 6) is -0.491. The van der Waals surface area contributed by atoms with Gasteiger partial charge in [-0.15, -0.1) is 0 Å². The van der Waals surface area contributed by atoms with Crippen LogP contribution in [0.2, 0.25) is 0 Å². The lowest BCUT2D eigenvalue weighted by atomic mass is 10.0. The van der Waals surface area contributed by atoms with E-state index in [1.165, 1.54) is 12.8 Å². The van der Waals surface area contributed by atoms with Gasteiger partial charge >= 0.3 is 0 Å². The Balaban J connectivity index is 2.39. The topological polar surface area (TPSA) is 18.5 Å². The molecule has 0 aliphatic carbocycles. The molecule has 0 unspecified atom stereocenters. The molecule has 0 spiro atoms. The van der Waals surface area contributed by atoms with Crippen molar-refractivity contribution in [1.82, 2.24) is 0 Å². The number of ether oxygens (including phenoxy) is 2. The van der Waals surface area contributed by atoms with Crippen LogP contribution in [-0.2, 0) is 9.47 Å². The summed E-state index contributed by atoms with van der Waals surface area (Å²) in [6.45, 7) is 9.52. The minimum atomic E-state index is -0.491. The maximum Gasteiger partial charge on any atom is 0.187 e. The molecule has 1 aliphatic rings. The average molecular weight is 170 g/mol. The highest BCUT2D eigenvalue weighted by atomic mass is 16.7. The third kappa shape index (κ3) is 2.08. The van der Waals surface area contributed by atoms with Crippen LogP contribution >= 0.6 is 0 Å². The summed E-state index contributed by atoms with van der Waals surface area (Å²) in [5.41, 5.74) is 1.07. The van der Waals surface area contributed by atoms with Crippen LogP contribution in [-0.4, -0.2) is 19.0 Å². The summed E-state index contributed by atoms with van der Waals surface area (Å²) in [4.78, 5) is 0. The quantitative estimate of drug-likeness (QED) is 0.603. The van der Waals surface area contributed by atoms with E-state index < -0.39 is 5.79 Å². The fourth-order valence-corrected chi connectivity index (χ4v) is 1.34. The van der Waals surface area contributed by atoms with E-state index in [1.54, 1.807) is 0 Å². The summed E-state index contributed by atoms with van der Waals surface area (Å²) in [5, 5.41) is 0. The highest BCUT2D eigenvalue weighted by molar-refractivity contribution is 5.07. The standard InChI is InChI=1S/C10H18O2/c1-4-5-6-9(2)10(3)11-7-8-12-10/h2,4-8H2,1,3H3. The van der Waals surface area contributed by atoms with Crippen molar-refractivity contribution in [1.29, 1.82) is 0 Å². The van der Waals surface area contributed by atoms with Crippen LogP contribution in [0.5, 0.6) is 0 Å². The van der Waals surface area contributed by atoms with Gasteiger partial charge in [0.15, 0.2) is 5.79 Å². The second kappa shape index (κ2) is 4.06. The second-order valence-corrected chi connectivity index (χ2v) is 3.35. The molecule has 0 aromatic rings. The maximum absolute atomic E-state index is 5.48. The van der Waals surface area contributed by atoms with Crippen molar-refractivity contribution in [3.63, 3.8) is 0 Å². The van der Waals surface area contributed by atoms with E-state index in [9.17, 15) is 0 Å². The van der Waals surface area contributed by atoms with Crippen LogP contribution in [0.4, 0.5) is 0 Å². The van der Waals surface area contributed by atoms with Gasteiger partial charge in [0, 0.05) is 0 Å². The van der Waals surface area contributed by atoms with Crippen LogP contribution in [0, 0.1) is 0 Å². The monoisotopic (exact) mass is 170 g/mol. The average Bonchev–Trinajstić information content (AvgIpc) is 2.49. The van der Waals surface area contributed by atoms with Crippen LogP contribution in [0.15, 0.2) is 12.2 Å². The first kappa shape index (κ1) is 9.75. The zero-order chi connectivity index (χ0) is 9.03. The van der Waals surface area contributed by atoms with Crippen molar-refractivity contribution in [2.75, 3.05) is 13.2 Å². The molecular formula is C10H18O2. The molecule has 2 nitrogen and oxygen atoms in total. The van der Waals surface area contributed by atoms with Gasteiger partial charge in [-0.3, -0.25) is 0 Å². The number of hydrogen-bond donors (Lipinski definition) is 0. The van der Waals surface area contributed by atoms with E-state index in [2.05, 4.69) is 13.5 Å². The van der Waals surface area contributed by atoms with Gasteiger partial charge in [-0.25, -0.2) is 0 Å². The van der Waals surface area contributed by atoms with Crippen molar-refractivity contribution in [2.45, 2.75) is 38.9 Å². The number of hydrogen-bond acceptors (Lipinski definition) is 2. The summed E-state index contributed by atoms with van der Waals surface area (Å²) >= 11 is 0. The first-order chi connectivity index (χ1) is 5.69. The summed E-state index contributed by atoms with van der Waals surface area (Å²) in [6, 6.07) is 0. The molecule has 0 N–H and O–H groups in total. The van der Waals surface area contributed by atoms with Gasteiger partial charge in [-0.05, 0) is 25.3 Å². The first-order valence-electron chi connectivity index (χ1n) is 4.65. The normalized spacial score (nSPS) is 21.2. The highest BCUT2D eigenvalue weighted by Gasteiger charge is 2.33. The lowest BCUT2D eigenvalue weighted by molar-refractivity contribution is -0.111. The molecule has 1 saturated heterocycles. The van der Waals surface area contributed by atoms with Crippen molar-refractivity contribution >= 4 is 0 Å². The zero-order valence-corrected chi connectivity index (χ0v) is 8.06. The molecule has 0 aromatic carbocycles. The Kier molecular flexibility index (Phi) is 3.29. The molecular weight excluding hydrogens is 152 g/mol. The molecule has 0 aromatic heterocycles. The Bertz CT molecular complexity index is 157. The molecule has 0 atom stereocenters. The second-order valence-electron chi connectivity index (χ2n) is 3.35. The van der Waals surface area contributed by atoms with Crippen LogP contribution in [0.1, 0.15) is 33.1 Å². The molecule has 12 heavy (non-hydrogen) atoms. The molecule has 1 fully saturated rings. The van der Waals surface area contributed by atoms with Crippen LogP contribution in [0.3, 0.4) is 0 Å². The molecule has 1 rings (SSSR count). The predicted octanol–water partition coefficient (Wildman–Crippen LogP) is 2.50. The molecule has 1 aliphatic heterocycles. The Hall–Kier alpha value is -0.340. The summed E-state index contributed by atoms with van der Waals surface area (Å²) in [6.07, 6.45) is 3.36. The van der Waals surface area contributed by atoms with Gasteiger partial charge in [0.05, 0.1) is 13.2 Å². The third-order valence-electron chi connectivity index (χ3n) is 2.31. The predicted molar refractivity (Wildman–Crippen MR) is 49.0 cm³/mol. The van der Waals surface area contributed by atoms with E-state index in [0.717, 1.165) is 12.0 Å². The summed E-state index contributed by atoms with van der Waals surface area (Å²) < 4.78 is 11.0. The minimum Gasteiger partial charge on any atom is -0.344 e. The smallest absolute Gasteiger partial charge is 0.187 e. The molecule has 0 saturated carbocycles. The molecule has 0 amide bonds. The largest absolute Gasteiger partial charge is 0.344 e. The Labute approximate surface area is 74.6 Å². The van der Waals surface area contributed by atoms with Crippen molar-refractivity contribution in [3.8, 4) is 0 Å². The molecule has 0 bridgehead atoms. The van der Waals surface area contributed by atoms with Gasteiger partial charge in [0.2, 0.25) is 0 Å². The van der Waals surface area contributed by atoms with Crippen molar-refractivity contribution in [3.05, 3.63) is 12.2 Å². The van der Waals surface area contributed by atoms with E-state index in [4.69, 9.17) is 9.47 Å². The van der Waals surface area contributed by atoms with Gasteiger partial charge < -0.3 is 9.47 Å². The number of rotatable bonds is 4. The summed E-state index contributed by atoms with van der Waals surface area (Å²) in [7, 11) is 0. The van der Waals surface area contributed by atoms with Crippen molar-refractivity contribution in [2.24, 2.45) is 0 Å². The van der Waals surface area contributed by atoms with Gasteiger partial charge in [-0.1, -0.05) is 19.9 Å². The SMILES string of the molecule is C=C(CCCC)C1(C)OCCO1. The zero-order valence-electron chi connectivity index (χ0n) is 8.06. The van der Waals surface area contributed by atoms with E-state index in [1.807, 2.05) is 6.92 Å². The lowest BCUT2D eigenvalue weighted by Crippen LogP contribution is -2.27. The van der Waals surface area contributed by atoms with E-state index in [-0.39, 0.29) is 0 Å². The number of unbranched alkanes of at least 4 members (excludes halogenated alkanes) is 1. The van der Waals surface area contributed by atoms with Crippen LogP contribution < -0.4 is 0 Å². The Morgan fingerprint density at radius 3 is 2.50 bits per heavy atom. The van der Waals surface area contributed by atoms with E-state index >= 15 is 0 Å². The molecule has 1 heterocycles. The molecule has 70 valence electrons. The molecule has 0 radical (unpaired) electrons. The third-order valence-corrected chi connectivity index (χ3v) is 2.31. The lowest BCUT2D eigenvalue weighted by Gasteiger charge is -2.24. The highest BCUT2D eigenvalue weighted by Crippen LogP contribution is 2.29. The van der Waals surface area contributed by atoms with E-state index in [0.29, 0.717) is 13.2 Å². The first-order valence-corrected chi connectivity index (χ1v) is 4.65. The fraction of sp³-hybridized carbons (Fsp3) is 0.800. The Morgan fingerprint density at radius 2 is 2.00 bits per heavy atom. The molecule has 2 heteroatoms. The minimum absolute atomic E-state index is 0.491. The van der Waals surface area contributed by atoms with Crippen LogP contribution in [0.25, 0.3) is 0 Å². The van der Waals surface area contributed by atoms with Gasteiger partial charge in [0.1, 0.15) is 0 Å².